The second kappa shape index (κ2) is 8.15. The van der Waals surface area contributed by atoms with E-state index in [2.05, 4.69) is 5.32 Å². The van der Waals surface area contributed by atoms with Crippen LogP contribution in [0.3, 0.4) is 0 Å². The van der Waals surface area contributed by atoms with Gasteiger partial charge in [-0.2, -0.15) is 0 Å². The molecule has 1 aliphatic rings. The molecule has 0 unspecified atom stereocenters. The molecule has 1 N–H and O–H groups in total. The van der Waals surface area contributed by atoms with E-state index in [0.29, 0.717) is 29.4 Å². The van der Waals surface area contributed by atoms with Crippen LogP contribution >= 0.6 is 11.6 Å². The van der Waals surface area contributed by atoms with Gasteiger partial charge in [0.15, 0.2) is 12.1 Å². The number of carbonyl (C=O) groups is 1. The highest BCUT2D eigenvalue weighted by Crippen LogP contribution is 2.29. The molecule has 142 valence electrons. The van der Waals surface area contributed by atoms with E-state index in [9.17, 15) is 4.79 Å². The Morgan fingerprint density at radius 2 is 1.68 bits per heavy atom. The van der Waals surface area contributed by atoms with E-state index in [-0.39, 0.29) is 12.1 Å². The first-order valence-corrected chi connectivity index (χ1v) is 9.50. The minimum absolute atomic E-state index is 0.0767. The molecule has 0 bridgehead atoms. The van der Waals surface area contributed by atoms with E-state index in [1.165, 1.54) is 0 Å². The predicted molar refractivity (Wildman–Crippen MR) is 110 cm³/mol. The zero-order valence-corrected chi connectivity index (χ0v) is 16.2. The van der Waals surface area contributed by atoms with E-state index < -0.39 is 0 Å². The Morgan fingerprint density at radius 1 is 0.929 bits per heavy atom. The molecule has 1 fully saturated rings. The van der Waals surface area contributed by atoms with Gasteiger partial charge in [0.1, 0.15) is 0 Å². The van der Waals surface area contributed by atoms with Crippen LogP contribution in [0.1, 0.15) is 33.3 Å². The second-order valence-electron chi connectivity index (χ2n) is 6.66. The van der Waals surface area contributed by atoms with Crippen LogP contribution in [0.25, 0.3) is 0 Å². The molecule has 3 aromatic carbocycles. The van der Waals surface area contributed by atoms with E-state index in [4.69, 9.17) is 21.1 Å². The van der Waals surface area contributed by atoms with E-state index >= 15 is 0 Å². The summed E-state index contributed by atoms with van der Waals surface area (Å²) in [6.07, 6.45) is -0.320. The SMILES string of the molecule is Cc1ccccc1C(=O)c1ccc(Nc2cccc(C3OCCO3)c2)cc1Cl. The summed E-state index contributed by atoms with van der Waals surface area (Å²) in [5.74, 6) is -0.0767. The highest BCUT2D eigenvalue weighted by atomic mass is 35.5. The van der Waals surface area contributed by atoms with Crippen LogP contribution in [0.5, 0.6) is 0 Å². The fourth-order valence-corrected chi connectivity index (χ4v) is 3.50. The van der Waals surface area contributed by atoms with Crippen molar-refractivity contribution in [1.82, 2.24) is 0 Å². The first kappa shape index (κ1) is 18.7. The van der Waals surface area contributed by atoms with Crippen molar-refractivity contribution >= 4 is 28.8 Å². The monoisotopic (exact) mass is 393 g/mol. The van der Waals surface area contributed by atoms with Crippen LogP contribution in [0.4, 0.5) is 11.4 Å². The van der Waals surface area contributed by atoms with Crippen molar-refractivity contribution in [2.24, 2.45) is 0 Å². The lowest BCUT2D eigenvalue weighted by molar-refractivity contribution is -0.0440. The summed E-state index contributed by atoms with van der Waals surface area (Å²) >= 11 is 6.43. The van der Waals surface area contributed by atoms with Crippen LogP contribution in [-0.4, -0.2) is 19.0 Å². The molecule has 1 aliphatic heterocycles. The number of anilines is 2. The minimum atomic E-state index is -0.320. The van der Waals surface area contributed by atoms with Crippen molar-refractivity contribution in [3.63, 3.8) is 0 Å². The molecular weight excluding hydrogens is 374 g/mol. The maximum Gasteiger partial charge on any atom is 0.194 e. The summed E-state index contributed by atoms with van der Waals surface area (Å²) in [6.45, 7) is 3.13. The first-order chi connectivity index (χ1) is 13.6. The normalized spacial score (nSPS) is 14.2. The van der Waals surface area contributed by atoms with E-state index in [0.717, 1.165) is 22.5 Å². The van der Waals surface area contributed by atoms with Crippen LogP contribution in [0, 0.1) is 6.92 Å². The third-order valence-electron chi connectivity index (χ3n) is 4.67. The molecule has 0 saturated carbocycles. The van der Waals surface area contributed by atoms with Crippen molar-refractivity contribution in [3.8, 4) is 0 Å². The fourth-order valence-electron chi connectivity index (χ4n) is 3.23. The van der Waals surface area contributed by atoms with Gasteiger partial charge in [-0.05, 0) is 42.8 Å². The maximum absolute atomic E-state index is 12.8. The molecule has 0 atom stereocenters. The molecular formula is C23H20ClNO3. The topological polar surface area (TPSA) is 47.6 Å². The molecule has 5 heteroatoms. The summed E-state index contributed by atoms with van der Waals surface area (Å²) in [7, 11) is 0. The van der Waals surface area contributed by atoms with Gasteiger partial charge in [0.05, 0.1) is 18.2 Å². The lowest BCUT2D eigenvalue weighted by Gasteiger charge is -2.13. The van der Waals surface area contributed by atoms with Gasteiger partial charge in [0.25, 0.3) is 0 Å². The number of halogens is 1. The average molecular weight is 394 g/mol. The van der Waals surface area contributed by atoms with Gasteiger partial charge in [-0.1, -0.05) is 48.0 Å². The van der Waals surface area contributed by atoms with Crippen molar-refractivity contribution in [1.29, 1.82) is 0 Å². The Balaban J connectivity index is 1.54. The molecule has 28 heavy (non-hydrogen) atoms. The van der Waals surface area contributed by atoms with E-state index in [1.807, 2.05) is 61.5 Å². The molecule has 4 rings (SSSR count). The first-order valence-electron chi connectivity index (χ1n) is 9.12. The van der Waals surface area contributed by atoms with Crippen molar-refractivity contribution < 1.29 is 14.3 Å². The van der Waals surface area contributed by atoms with E-state index in [1.54, 1.807) is 12.1 Å². The molecule has 0 aromatic heterocycles. The standard InChI is InChI=1S/C23H20ClNO3/c1-15-5-2-3-8-19(15)22(26)20-10-9-18(14-21(20)24)25-17-7-4-6-16(13-17)23-27-11-12-28-23/h2-10,13-14,23,25H,11-12H2,1H3. The fraction of sp³-hybridized carbons (Fsp3) is 0.174. The van der Waals surface area contributed by atoms with Gasteiger partial charge in [-0.3, -0.25) is 4.79 Å². The smallest absolute Gasteiger partial charge is 0.194 e. The van der Waals surface area contributed by atoms with Gasteiger partial charge in [0, 0.05) is 28.1 Å². The summed E-state index contributed by atoms with van der Waals surface area (Å²) < 4.78 is 11.1. The summed E-state index contributed by atoms with van der Waals surface area (Å²) in [4.78, 5) is 12.8. The van der Waals surface area contributed by atoms with Crippen LogP contribution in [-0.2, 0) is 9.47 Å². The zero-order valence-electron chi connectivity index (χ0n) is 15.4. The number of hydrogen-bond acceptors (Lipinski definition) is 4. The number of rotatable bonds is 5. The summed E-state index contributed by atoms with van der Waals surface area (Å²) in [5.41, 5.74) is 4.73. The van der Waals surface area contributed by atoms with Crippen molar-refractivity contribution in [2.75, 3.05) is 18.5 Å². The van der Waals surface area contributed by atoms with Gasteiger partial charge >= 0.3 is 0 Å². The molecule has 1 heterocycles. The van der Waals surface area contributed by atoms with Crippen LogP contribution < -0.4 is 5.32 Å². The maximum atomic E-state index is 12.8. The molecule has 0 radical (unpaired) electrons. The van der Waals surface area contributed by atoms with Gasteiger partial charge < -0.3 is 14.8 Å². The lowest BCUT2D eigenvalue weighted by atomic mass is 9.99. The molecule has 4 nitrogen and oxygen atoms in total. The summed E-state index contributed by atoms with van der Waals surface area (Å²) in [5, 5.41) is 3.73. The van der Waals surface area contributed by atoms with Gasteiger partial charge in [-0.15, -0.1) is 0 Å². The Hall–Kier alpha value is -2.66. The number of aryl methyl sites for hydroxylation is 1. The van der Waals surface area contributed by atoms with Crippen molar-refractivity contribution in [3.05, 3.63) is 94.0 Å². The number of carbonyl (C=O) groups excluding carboxylic acids is 1. The third kappa shape index (κ3) is 3.94. The quantitative estimate of drug-likeness (QED) is 0.567. The molecule has 1 saturated heterocycles. The molecule has 0 aliphatic carbocycles. The van der Waals surface area contributed by atoms with Gasteiger partial charge in [-0.25, -0.2) is 0 Å². The number of ketones is 1. The Labute approximate surface area is 169 Å². The molecule has 0 spiro atoms. The highest BCUT2D eigenvalue weighted by Gasteiger charge is 2.18. The molecule has 0 amide bonds. The number of nitrogens with one attached hydrogen (secondary N) is 1. The summed E-state index contributed by atoms with van der Waals surface area (Å²) in [6, 6.07) is 20.7. The van der Waals surface area contributed by atoms with Gasteiger partial charge in [0.2, 0.25) is 0 Å². The van der Waals surface area contributed by atoms with Crippen molar-refractivity contribution in [2.45, 2.75) is 13.2 Å². The highest BCUT2D eigenvalue weighted by molar-refractivity contribution is 6.35. The van der Waals surface area contributed by atoms with Crippen LogP contribution in [0.2, 0.25) is 5.02 Å². The van der Waals surface area contributed by atoms with Crippen LogP contribution in [0.15, 0.2) is 66.7 Å². The zero-order chi connectivity index (χ0) is 19.5. The number of benzene rings is 3. The Bertz CT molecular complexity index is 1010. The largest absolute Gasteiger partial charge is 0.355 e. The second-order valence-corrected chi connectivity index (χ2v) is 7.07. The minimum Gasteiger partial charge on any atom is -0.355 e. The molecule has 3 aromatic rings. The Morgan fingerprint density at radius 3 is 2.43 bits per heavy atom. The Kier molecular flexibility index (Phi) is 5.44. The average Bonchev–Trinajstić information content (AvgIpc) is 3.23. The number of ether oxygens (including phenoxy) is 2. The predicted octanol–water partition coefficient (Wildman–Crippen LogP) is 5.67. The third-order valence-corrected chi connectivity index (χ3v) is 4.99. The lowest BCUT2D eigenvalue weighted by Crippen LogP contribution is -2.05. The number of hydrogen-bond donors (Lipinski definition) is 1.